The third-order valence-electron chi connectivity index (χ3n) is 6.77. The van der Waals surface area contributed by atoms with Gasteiger partial charge >= 0.3 is 5.97 Å². The molecule has 1 fully saturated rings. The zero-order chi connectivity index (χ0) is 23.1. The Balaban J connectivity index is 1.43. The lowest BCUT2D eigenvalue weighted by Crippen LogP contribution is -2.35. The zero-order valence-electron chi connectivity index (χ0n) is 18.7. The number of carboxylic acids is 1. The molecule has 4 aromatic carbocycles. The van der Waals surface area contributed by atoms with Crippen LogP contribution >= 0.6 is 0 Å². The van der Waals surface area contributed by atoms with E-state index >= 15 is 0 Å². The molecule has 0 aromatic heterocycles. The van der Waals surface area contributed by atoms with E-state index in [1.54, 1.807) is 0 Å². The second kappa shape index (κ2) is 8.54. The molecule has 4 aromatic rings. The maximum Gasteiger partial charge on any atom is 0.320 e. The Kier molecular flexibility index (Phi) is 5.23. The zero-order valence-corrected chi connectivity index (χ0v) is 18.7. The molecule has 0 unspecified atom stereocenters. The summed E-state index contributed by atoms with van der Waals surface area (Å²) in [5.41, 5.74) is 2.21. The first kappa shape index (κ1) is 20.8. The minimum absolute atomic E-state index is 0.218. The Hall–Kier alpha value is -3.77. The molecule has 0 spiro atoms. The predicted molar refractivity (Wildman–Crippen MR) is 129 cm³/mol. The van der Waals surface area contributed by atoms with Gasteiger partial charge < -0.3 is 19.3 Å². The molecule has 2 aliphatic rings. The van der Waals surface area contributed by atoms with Crippen molar-refractivity contribution in [2.24, 2.45) is 0 Å². The summed E-state index contributed by atoms with van der Waals surface area (Å²) >= 11 is 0. The molecular weight excluding hydrogens is 430 g/mol. The number of ether oxygens (including phenoxy) is 3. The van der Waals surface area contributed by atoms with Crippen molar-refractivity contribution in [3.8, 4) is 17.2 Å². The third kappa shape index (κ3) is 3.80. The summed E-state index contributed by atoms with van der Waals surface area (Å²) in [6.07, 6.45) is 1.59. The second-order valence-corrected chi connectivity index (χ2v) is 8.91. The monoisotopic (exact) mass is 455 g/mol. The molecule has 0 amide bonds. The largest absolute Gasteiger partial charge is 0.489 e. The lowest BCUT2D eigenvalue weighted by Gasteiger charge is -2.22. The molecule has 1 atom stereocenters. The van der Waals surface area contributed by atoms with Crippen LogP contribution in [0.5, 0.6) is 17.2 Å². The van der Waals surface area contributed by atoms with Gasteiger partial charge in [-0.2, -0.15) is 0 Å². The van der Waals surface area contributed by atoms with E-state index in [1.807, 2.05) is 48.5 Å². The first-order valence-corrected chi connectivity index (χ1v) is 11.6. The van der Waals surface area contributed by atoms with Crippen molar-refractivity contribution in [2.45, 2.75) is 32.0 Å². The number of carboxylic acid groups (broad SMARTS) is 1. The van der Waals surface area contributed by atoms with E-state index in [4.69, 9.17) is 14.2 Å². The number of benzene rings is 4. The maximum atomic E-state index is 11.8. The molecule has 0 saturated carbocycles. The van der Waals surface area contributed by atoms with E-state index in [0.717, 1.165) is 62.9 Å². The Labute approximate surface area is 197 Å². The van der Waals surface area contributed by atoms with Gasteiger partial charge in [0, 0.05) is 6.54 Å². The van der Waals surface area contributed by atoms with Gasteiger partial charge in [0.2, 0.25) is 6.79 Å². The molecule has 0 aliphatic carbocycles. The predicted octanol–water partition coefficient (Wildman–Crippen LogP) is 5.35. The lowest BCUT2D eigenvalue weighted by atomic mass is 9.96. The van der Waals surface area contributed by atoms with Crippen molar-refractivity contribution >= 4 is 27.5 Å². The highest BCUT2D eigenvalue weighted by atomic mass is 16.7. The first-order chi connectivity index (χ1) is 16.7. The summed E-state index contributed by atoms with van der Waals surface area (Å²) in [7, 11) is 0. The van der Waals surface area contributed by atoms with Crippen LogP contribution in [0.25, 0.3) is 21.5 Å². The molecule has 1 N–H and O–H groups in total. The first-order valence-electron chi connectivity index (χ1n) is 11.6. The fourth-order valence-corrected chi connectivity index (χ4v) is 5.08. The van der Waals surface area contributed by atoms with E-state index in [-0.39, 0.29) is 6.79 Å². The number of rotatable bonds is 6. The standard InChI is InChI=1S/C28H25NO5/c30-28(31)25-7-4-10-29(25)15-20-11-19-12-26-27(34-17-33-26)14-23(19)24-13-21(8-9-22(20)24)32-16-18-5-2-1-3-6-18/h1-3,5-6,8-9,11-14,25H,4,7,10,15-17H2,(H,30,31)/t25-/m0/s1. The number of hydrogen-bond acceptors (Lipinski definition) is 5. The molecule has 0 radical (unpaired) electrons. The summed E-state index contributed by atoms with van der Waals surface area (Å²) in [6, 6.07) is 22.0. The molecule has 2 heterocycles. The van der Waals surface area contributed by atoms with Crippen LogP contribution in [0.4, 0.5) is 0 Å². The molecule has 0 bridgehead atoms. The van der Waals surface area contributed by atoms with Gasteiger partial charge in [-0.15, -0.1) is 0 Å². The van der Waals surface area contributed by atoms with E-state index in [2.05, 4.69) is 23.1 Å². The van der Waals surface area contributed by atoms with Crippen LogP contribution in [0.2, 0.25) is 0 Å². The van der Waals surface area contributed by atoms with Gasteiger partial charge in [-0.3, -0.25) is 9.69 Å². The summed E-state index contributed by atoms with van der Waals surface area (Å²) in [5.74, 6) is 1.51. The average molecular weight is 456 g/mol. The van der Waals surface area contributed by atoms with Crippen LogP contribution in [0.3, 0.4) is 0 Å². The van der Waals surface area contributed by atoms with E-state index < -0.39 is 12.0 Å². The Bertz CT molecular complexity index is 1380. The fraction of sp³-hybridized carbons (Fsp3) is 0.250. The van der Waals surface area contributed by atoms with Crippen molar-refractivity contribution in [1.29, 1.82) is 0 Å². The molecule has 1 saturated heterocycles. The number of fused-ring (bicyclic) bond motifs is 4. The molecule has 172 valence electrons. The van der Waals surface area contributed by atoms with Crippen molar-refractivity contribution in [2.75, 3.05) is 13.3 Å². The second-order valence-electron chi connectivity index (χ2n) is 8.91. The smallest absolute Gasteiger partial charge is 0.320 e. The molecule has 6 nitrogen and oxygen atoms in total. The van der Waals surface area contributed by atoms with Gasteiger partial charge in [0.15, 0.2) is 11.5 Å². The normalized spacial score (nSPS) is 17.5. The van der Waals surface area contributed by atoms with Crippen molar-refractivity contribution in [3.63, 3.8) is 0 Å². The summed E-state index contributed by atoms with van der Waals surface area (Å²) in [5, 5.41) is 13.9. The van der Waals surface area contributed by atoms with Gasteiger partial charge in [0.25, 0.3) is 0 Å². The number of hydrogen-bond donors (Lipinski definition) is 1. The molecule has 6 rings (SSSR count). The minimum Gasteiger partial charge on any atom is -0.489 e. The van der Waals surface area contributed by atoms with Gasteiger partial charge in [0.1, 0.15) is 18.4 Å². The van der Waals surface area contributed by atoms with E-state index in [0.29, 0.717) is 19.6 Å². The topological polar surface area (TPSA) is 68.2 Å². The van der Waals surface area contributed by atoms with Gasteiger partial charge in [-0.1, -0.05) is 36.4 Å². The Morgan fingerprint density at radius 2 is 1.79 bits per heavy atom. The summed E-state index contributed by atoms with van der Waals surface area (Å²) in [4.78, 5) is 13.8. The van der Waals surface area contributed by atoms with Crippen molar-refractivity contribution < 1.29 is 24.1 Å². The fourth-order valence-electron chi connectivity index (χ4n) is 5.08. The minimum atomic E-state index is -0.748. The number of carbonyl (C=O) groups is 1. The van der Waals surface area contributed by atoms with Crippen molar-refractivity contribution in [3.05, 3.63) is 77.9 Å². The number of likely N-dealkylation sites (tertiary alicyclic amines) is 1. The maximum absolute atomic E-state index is 11.8. The lowest BCUT2D eigenvalue weighted by molar-refractivity contribution is -0.142. The van der Waals surface area contributed by atoms with Crippen LogP contribution in [-0.4, -0.2) is 35.4 Å². The summed E-state index contributed by atoms with van der Waals surface area (Å²) < 4.78 is 17.4. The third-order valence-corrected chi connectivity index (χ3v) is 6.77. The quantitative estimate of drug-likeness (QED) is 0.395. The molecule has 2 aliphatic heterocycles. The van der Waals surface area contributed by atoms with Crippen LogP contribution < -0.4 is 14.2 Å². The Morgan fingerprint density at radius 1 is 0.971 bits per heavy atom. The van der Waals surface area contributed by atoms with Crippen LogP contribution in [0, 0.1) is 0 Å². The van der Waals surface area contributed by atoms with Crippen LogP contribution in [0.1, 0.15) is 24.0 Å². The number of nitrogens with zero attached hydrogens (tertiary/aromatic N) is 1. The van der Waals surface area contributed by atoms with Crippen LogP contribution in [0.15, 0.2) is 66.7 Å². The van der Waals surface area contributed by atoms with Gasteiger partial charge in [0.05, 0.1) is 0 Å². The highest BCUT2D eigenvalue weighted by Gasteiger charge is 2.30. The summed E-state index contributed by atoms with van der Waals surface area (Å²) in [6.45, 7) is 2.08. The number of aliphatic carboxylic acids is 1. The molecule has 34 heavy (non-hydrogen) atoms. The van der Waals surface area contributed by atoms with Gasteiger partial charge in [-0.05, 0) is 82.4 Å². The van der Waals surface area contributed by atoms with Gasteiger partial charge in [-0.25, -0.2) is 0 Å². The molecular formula is C28H25NO5. The van der Waals surface area contributed by atoms with E-state index in [9.17, 15) is 9.90 Å². The SMILES string of the molecule is O=C(O)[C@@H]1CCCN1Cc1cc2cc3c(cc2c2cc(OCc4ccccc4)ccc12)OCO3. The highest BCUT2D eigenvalue weighted by molar-refractivity contribution is 6.10. The van der Waals surface area contributed by atoms with Crippen LogP contribution in [-0.2, 0) is 17.9 Å². The average Bonchev–Trinajstić information content (AvgIpc) is 3.51. The Morgan fingerprint density at radius 3 is 2.62 bits per heavy atom. The highest BCUT2D eigenvalue weighted by Crippen LogP contribution is 2.41. The molecule has 6 heteroatoms. The van der Waals surface area contributed by atoms with Crippen molar-refractivity contribution in [1.82, 2.24) is 4.90 Å². The van der Waals surface area contributed by atoms with E-state index in [1.165, 1.54) is 0 Å².